The lowest BCUT2D eigenvalue weighted by molar-refractivity contribution is -0.661. The third-order valence-electron chi connectivity index (χ3n) is 25.0. The second kappa shape index (κ2) is 46.1. The summed E-state index contributed by atoms with van der Waals surface area (Å²) in [7, 11) is 10.1. The summed E-state index contributed by atoms with van der Waals surface area (Å²) in [6, 6.07) is 83.0. The van der Waals surface area contributed by atoms with Crippen molar-refractivity contribution in [1.82, 2.24) is 0 Å². The van der Waals surface area contributed by atoms with Gasteiger partial charge in [0.2, 0.25) is 28.5 Å². The summed E-state index contributed by atoms with van der Waals surface area (Å²) in [6.45, 7) is 42.0. The average Bonchev–Trinajstić information content (AvgIpc) is 0.743. The fraction of sp³-hybridized carbons (Fsp3) is 0.336. The van der Waals surface area contributed by atoms with Gasteiger partial charge in [0.15, 0.2) is 31.0 Å². The van der Waals surface area contributed by atoms with Gasteiger partial charge in [-0.15, -0.1) is 0 Å². The van der Waals surface area contributed by atoms with E-state index in [2.05, 4.69) is 310 Å². The lowest BCUT2D eigenvalue weighted by Gasteiger charge is -2.16. The van der Waals surface area contributed by atoms with E-state index in [-0.39, 0.29) is 22.6 Å². The molecular formula is C128H156N5+5. The standard InChI is InChI=1S/C28H36N.4C25H30N/c1-19(2)13-24-16-28(29(7)18-25(24)14-20(3)4)27-17-26(21(5)15-22(27)6)23-11-9-8-10-12-23;2*1-17(2)12-22-16-26(6)25(14-18(22)3)24-15-23(19(4)13-20(24)5)21-10-8-7-9-11-21;2*1-17(2)12-22-14-25(26(6)16-20(22)5)24-15-23(18(3)13-19(24)4)21-10-8-7-9-11-21/h8-12,15-20H,13-14H2,1-7H3;4*7-11,13-17H,12H2,1-6H3/q5*+1/i;4D3,12D2;;3D3,5D3,12D2;. The minimum atomic E-state index is -2.48. The van der Waals surface area contributed by atoms with E-state index in [1.165, 1.54) is 140 Å². The van der Waals surface area contributed by atoms with E-state index in [4.69, 9.17) is 17.8 Å². The zero-order valence-electron chi connectivity index (χ0n) is 98.0. The molecular weight excluding hydrogens is 1610 g/mol. The van der Waals surface area contributed by atoms with Crippen molar-refractivity contribution in [1.29, 1.82) is 0 Å². The van der Waals surface area contributed by atoms with Gasteiger partial charge in [0.25, 0.3) is 0 Å². The maximum Gasteiger partial charge on any atom is 0.212 e. The van der Waals surface area contributed by atoms with Crippen LogP contribution in [0.4, 0.5) is 0 Å². The van der Waals surface area contributed by atoms with Crippen LogP contribution >= 0.6 is 0 Å². The van der Waals surface area contributed by atoms with Crippen LogP contribution < -0.4 is 22.8 Å². The smallest absolute Gasteiger partial charge is 0.201 e. The summed E-state index contributed by atoms with van der Waals surface area (Å²) in [5.74, 6) is 2.05. The number of rotatable bonds is 22. The molecule has 688 valence electrons. The molecule has 0 N–H and O–H groups in total. The average molecular weight is 1780 g/mol. The van der Waals surface area contributed by atoms with Crippen LogP contribution in [0.3, 0.4) is 0 Å². The zero-order chi connectivity index (χ0) is 108. The molecule has 0 atom stereocenters. The maximum absolute atomic E-state index is 8.65. The van der Waals surface area contributed by atoms with Gasteiger partial charge in [0, 0.05) is 104 Å². The molecule has 0 saturated carbocycles. The van der Waals surface area contributed by atoms with E-state index in [9.17, 15) is 0 Å². The number of hydrogen-bond acceptors (Lipinski definition) is 0. The normalized spacial score (nSPS) is 13.2. The van der Waals surface area contributed by atoms with Crippen molar-refractivity contribution in [3.05, 3.63) is 385 Å². The first-order valence-corrected chi connectivity index (χ1v) is 47.9. The van der Waals surface area contributed by atoms with Gasteiger partial charge in [0.05, 0.1) is 0 Å². The van der Waals surface area contributed by atoms with Crippen LogP contribution in [0.1, 0.15) is 212 Å². The van der Waals surface area contributed by atoms with Crippen molar-refractivity contribution >= 4 is 0 Å². The molecule has 0 spiro atoms. The fourth-order valence-corrected chi connectivity index (χ4v) is 18.4. The molecule has 0 amide bonds. The predicted molar refractivity (Wildman–Crippen MR) is 570 cm³/mol. The molecule has 0 radical (unpaired) electrons. The quantitative estimate of drug-likeness (QED) is 0.0603. The van der Waals surface area contributed by atoms with Gasteiger partial charge >= 0.3 is 0 Å². The van der Waals surface area contributed by atoms with E-state index in [0.717, 1.165) is 59.2 Å². The lowest BCUT2D eigenvalue weighted by Crippen LogP contribution is -2.32. The second-order valence-electron chi connectivity index (χ2n) is 39.4. The Morgan fingerprint density at radius 1 is 0.195 bits per heavy atom. The van der Waals surface area contributed by atoms with Gasteiger partial charge in [-0.2, -0.15) is 0 Å². The van der Waals surface area contributed by atoms with Crippen molar-refractivity contribution in [3.8, 4) is 112 Å². The highest BCUT2D eigenvalue weighted by atomic mass is 14.9. The van der Waals surface area contributed by atoms with Crippen LogP contribution in [0.2, 0.25) is 0 Å². The van der Waals surface area contributed by atoms with Crippen molar-refractivity contribution in [2.45, 2.75) is 218 Å². The molecule has 133 heavy (non-hydrogen) atoms. The van der Waals surface area contributed by atoms with E-state index in [1.807, 2.05) is 131 Å². The molecule has 5 heterocycles. The van der Waals surface area contributed by atoms with E-state index in [0.29, 0.717) is 62.7 Å². The molecule has 0 aliphatic heterocycles. The minimum Gasteiger partial charge on any atom is -0.201 e. The SMILES string of the molecule is Cc1c[n+](C)c(-c2cc(-c3ccccc3)c(C)cc2C)cc1CC(C)C.Cc1cc(-c2cc(-c3ccccc3)c(C)cc2C)[n+](C)cc1CC(C)C.Cc1cc(C)c(-c2cc(CC(C)C)c(CC(C)C)c[n+]2C)cc1-c1ccccc1.[2H]C([2H])([2H])c1cc(C)c(-c2cc(C([2H])([2H])C(C)C)c(C([2H])([2H])[2H])c[n+]2C)cc1-c1ccccc1.[2H]C([2H])([2H])c1cc(C)c(-c2cc(C)c(C([2H])([2H])C(C)C)c[n+]2C)cc1-c1ccccc1. The Bertz CT molecular complexity index is 7090. The third-order valence-corrected chi connectivity index (χ3v) is 25.0. The van der Waals surface area contributed by atoms with Crippen LogP contribution in [-0.2, 0) is 73.7 Å². The molecule has 15 aromatic rings. The summed E-state index contributed by atoms with van der Waals surface area (Å²) in [5, 5.41) is 0. The number of aryl methyl sites for hydroxylation is 19. The van der Waals surface area contributed by atoms with Crippen molar-refractivity contribution < 1.29 is 40.7 Å². The van der Waals surface area contributed by atoms with Crippen LogP contribution in [0.5, 0.6) is 0 Å². The molecule has 0 fully saturated rings. The number of benzene rings is 10. The Morgan fingerprint density at radius 3 is 0.737 bits per heavy atom. The Morgan fingerprint density at radius 2 is 0.421 bits per heavy atom. The van der Waals surface area contributed by atoms with Crippen molar-refractivity contribution in [2.24, 2.45) is 70.7 Å². The number of hydrogen-bond donors (Lipinski definition) is 0. The largest absolute Gasteiger partial charge is 0.212 e. The summed E-state index contributed by atoms with van der Waals surface area (Å²) in [6.07, 6.45) is 11.5. The van der Waals surface area contributed by atoms with Crippen LogP contribution in [0.25, 0.3) is 112 Å². The molecule has 0 aliphatic rings. The monoisotopic (exact) mass is 1780 g/mol. The topological polar surface area (TPSA) is 19.4 Å². The summed E-state index contributed by atoms with van der Waals surface area (Å²) in [4.78, 5) is 0. The minimum absolute atomic E-state index is 0.0301. The van der Waals surface area contributed by atoms with Gasteiger partial charge in [-0.05, 0) is 340 Å². The van der Waals surface area contributed by atoms with Crippen molar-refractivity contribution in [2.75, 3.05) is 0 Å². The lowest BCUT2D eigenvalue weighted by atomic mass is 9.90. The van der Waals surface area contributed by atoms with Gasteiger partial charge in [-0.25, -0.2) is 22.8 Å². The molecule has 15 rings (SSSR count). The van der Waals surface area contributed by atoms with E-state index in [1.54, 1.807) is 43.7 Å². The van der Waals surface area contributed by atoms with Gasteiger partial charge < -0.3 is 0 Å². The zero-order valence-corrected chi connectivity index (χ0v) is 85.0. The van der Waals surface area contributed by atoms with Crippen LogP contribution in [0.15, 0.2) is 274 Å². The highest BCUT2D eigenvalue weighted by molar-refractivity contribution is 5.81. The molecule has 0 unspecified atom stereocenters. The van der Waals surface area contributed by atoms with Gasteiger partial charge in [0.1, 0.15) is 35.2 Å². The van der Waals surface area contributed by atoms with E-state index < -0.39 is 39.2 Å². The second-order valence-corrected chi connectivity index (χ2v) is 39.4. The Labute approximate surface area is 821 Å². The summed E-state index contributed by atoms with van der Waals surface area (Å²) < 4.78 is 117. The first-order chi connectivity index (χ1) is 68.4. The molecule has 0 bridgehead atoms. The van der Waals surface area contributed by atoms with Crippen LogP contribution in [-0.4, -0.2) is 0 Å². The Kier molecular flexibility index (Phi) is 29.1. The molecule has 10 aromatic carbocycles. The Hall–Kier alpha value is -12.1. The number of pyridine rings is 5. The Balaban J connectivity index is 0.000000174. The molecule has 5 nitrogen and oxygen atoms in total. The number of nitrogens with zero attached hydrogens (tertiary/aromatic N) is 5. The van der Waals surface area contributed by atoms with Crippen LogP contribution in [0, 0.1) is 132 Å². The summed E-state index contributed by atoms with van der Waals surface area (Å²) >= 11 is 0. The van der Waals surface area contributed by atoms with E-state index >= 15 is 0 Å². The molecule has 0 saturated heterocycles. The van der Waals surface area contributed by atoms with Gasteiger partial charge in [-0.1, -0.05) is 265 Å². The third kappa shape index (κ3) is 26.3. The fourth-order valence-electron chi connectivity index (χ4n) is 18.4. The predicted octanol–water partition coefficient (Wildman–Crippen LogP) is 30.7. The van der Waals surface area contributed by atoms with Gasteiger partial charge in [-0.3, -0.25) is 0 Å². The molecule has 0 aliphatic carbocycles. The highest BCUT2D eigenvalue weighted by Gasteiger charge is 2.27. The number of aromatic nitrogens is 5. The molecule has 5 heteroatoms. The maximum atomic E-state index is 8.65. The first kappa shape index (κ1) is 84.0. The molecule has 5 aromatic heterocycles. The van der Waals surface area contributed by atoms with Crippen molar-refractivity contribution in [3.63, 3.8) is 0 Å². The first-order valence-electron chi connectivity index (χ1n) is 54.4. The highest BCUT2D eigenvalue weighted by Crippen LogP contribution is 2.39. The summed E-state index contributed by atoms with van der Waals surface area (Å²) in [5.41, 5.74) is 42.2.